The summed E-state index contributed by atoms with van der Waals surface area (Å²) >= 11 is 6.42. The number of para-hydroxylation sites is 1. The standard InChI is InChI=1S/C17H24ClN3/c1-12-10-16(2,3)8-9-17(12)11-20-15(19)21(17)14-7-5-4-6-13(14)18/h4-7,12H,8-11H2,1-3H3,(H2,19,20). The van der Waals surface area contributed by atoms with E-state index in [4.69, 9.17) is 17.3 Å². The predicted octanol–water partition coefficient (Wildman–Crippen LogP) is 4.06. The molecule has 4 heteroatoms. The van der Waals surface area contributed by atoms with Gasteiger partial charge in [-0.1, -0.05) is 44.5 Å². The minimum absolute atomic E-state index is 0.00933. The van der Waals surface area contributed by atoms with Crippen LogP contribution in [0.5, 0.6) is 0 Å². The first-order valence-corrected chi connectivity index (χ1v) is 8.08. The largest absolute Gasteiger partial charge is 0.369 e. The van der Waals surface area contributed by atoms with Crippen molar-refractivity contribution in [3.8, 4) is 0 Å². The van der Waals surface area contributed by atoms with Crippen LogP contribution >= 0.6 is 11.6 Å². The molecule has 1 spiro atoms. The Hall–Kier alpha value is -1.22. The van der Waals surface area contributed by atoms with E-state index in [1.165, 1.54) is 12.8 Å². The van der Waals surface area contributed by atoms with Gasteiger partial charge in [-0.05, 0) is 42.7 Å². The second-order valence-electron chi connectivity index (χ2n) is 7.33. The van der Waals surface area contributed by atoms with Gasteiger partial charge in [0.25, 0.3) is 0 Å². The van der Waals surface area contributed by atoms with Crippen molar-refractivity contribution in [1.29, 1.82) is 0 Å². The zero-order chi connectivity index (χ0) is 15.3. The van der Waals surface area contributed by atoms with E-state index in [2.05, 4.69) is 30.7 Å². The molecule has 3 nitrogen and oxygen atoms in total. The molecule has 0 radical (unpaired) electrons. The Morgan fingerprint density at radius 2 is 2.00 bits per heavy atom. The fourth-order valence-electron chi connectivity index (χ4n) is 4.07. The van der Waals surface area contributed by atoms with Gasteiger partial charge >= 0.3 is 0 Å². The molecule has 2 unspecified atom stereocenters. The molecule has 0 bridgehead atoms. The smallest absolute Gasteiger partial charge is 0.196 e. The maximum absolute atomic E-state index is 6.42. The van der Waals surface area contributed by atoms with Crippen molar-refractivity contribution in [2.45, 2.75) is 45.6 Å². The van der Waals surface area contributed by atoms with Crippen molar-refractivity contribution in [2.24, 2.45) is 22.1 Å². The molecule has 3 rings (SSSR count). The molecule has 1 heterocycles. The summed E-state index contributed by atoms with van der Waals surface area (Å²) in [6.07, 6.45) is 3.49. The molecular formula is C17H24ClN3. The summed E-state index contributed by atoms with van der Waals surface area (Å²) in [7, 11) is 0. The number of benzene rings is 1. The summed E-state index contributed by atoms with van der Waals surface area (Å²) in [5.41, 5.74) is 7.61. The number of hydrogen-bond donors (Lipinski definition) is 1. The van der Waals surface area contributed by atoms with Crippen molar-refractivity contribution < 1.29 is 0 Å². The number of halogens is 1. The van der Waals surface area contributed by atoms with Gasteiger partial charge < -0.3 is 10.6 Å². The van der Waals surface area contributed by atoms with Crippen LogP contribution in [-0.2, 0) is 0 Å². The van der Waals surface area contributed by atoms with Crippen LogP contribution in [0.15, 0.2) is 29.3 Å². The molecule has 1 fully saturated rings. The fourth-order valence-corrected chi connectivity index (χ4v) is 4.29. The van der Waals surface area contributed by atoms with Gasteiger partial charge in [0.15, 0.2) is 5.96 Å². The number of nitrogens with two attached hydrogens (primary N) is 1. The Kier molecular flexibility index (Phi) is 3.44. The number of guanidine groups is 1. The highest BCUT2D eigenvalue weighted by molar-refractivity contribution is 6.34. The molecule has 1 aromatic rings. The van der Waals surface area contributed by atoms with Crippen LogP contribution in [0.4, 0.5) is 5.69 Å². The highest BCUT2D eigenvalue weighted by Crippen LogP contribution is 2.50. The molecule has 0 saturated heterocycles. The van der Waals surface area contributed by atoms with Crippen LogP contribution in [0, 0.1) is 11.3 Å². The first kappa shape index (κ1) is 14.7. The number of hydrogen-bond acceptors (Lipinski definition) is 3. The average molecular weight is 306 g/mol. The molecule has 1 aliphatic carbocycles. The lowest BCUT2D eigenvalue weighted by Gasteiger charge is -2.51. The van der Waals surface area contributed by atoms with E-state index >= 15 is 0 Å². The number of anilines is 1. The molecule has 2 N–H and O–H groups in total. The molecule has 1 aliphatic heterocycles. The zero-order valence-corrected chi connectivity index (χ0v) is 13.8. The van der Waals surface area contributed by atoms with Crippen molar-refractivity contribution >= 4 is 23.2 Å². The van der Waals surface area contributed by atoms with E-state index in [1.807, 2.05) is 24.3 Å². The second kappa shape index (κ2) is 4.91. The summed E-state index contributed by atoms with van der Waals surface area (Å²) in [4.78, 5) is 6.78. The molecule has 2 atom stereocenters. The first-order chi connectivity index (χ1) is 9.86. The van der Waals surface area contributed by atoms with Gasteiger partial charge in [0, 0.05) is 0 Å². The lowest BCUT2D eigenvalue weighted by atomic mass is 9.63. The fraction of sp³-hybridized carbons (Fsp3) is 0.588. The van der Waals surface area contributed by atoms with Gasteiger partial charge in [-0.2, -0.15) is 0 Å². The lowest BCUT2D eigenvalue weighted by Crippen LogP contribution is -2.59. The van der Waals surface area contributed by atoms with E-state index in [0.717, 1.165) is 23.7 Å². The Balaban J connectivity index is 2.02. The maximum Gasteiger partial charge on any atom is 0.196 e. The molecule has 0 aromatic heterocycles. The van der Waals surface area contributed by atoms with Gasteiger partial charge in [-0.15, -0.1) is 0 Å². The molecule has 114 valence electrons. The van der Waals surface area contributed by atoms with E-state index in [0.29, 0.717) is 17.3 Å². The quantitative estimate of drug-likeness (QED) is 0.850. The number of nitrogens with zero attached hydrogens (tertiary/aromatic N) is 2. The van der Waals surface area contributed by atoms with Gasteiger partial charge in [0.05, 0.1) is 22.8 Å². The average Bonchev–Trinajstić information content (AvgIpc) is 2.74. The number of aliphatic imine (C=N–C) groups is 1. The highest BCUT2D eigenvalue weighted by atomic mass is 35.5. The summed E-state index contributed by atoms with van der Waals surface area (Å²) in [6, 6.07) is 7.94. The summed E-state index contributed by atoms with van der Waals surface area (Å²) in [5, 5.41) is 0.744. The third-order valence-corrected chi connectivity index (χ3v) is 5.61. The van der Waals surface area contributed by atoms with Crippen LogP contribution < -0.4 is 10.6 Å². The van der Waals surface area contributed by atoms with E-state index < -0.39 is 0 Å². The van der Waals surface area contributed by atoms with Crippen LogP contribution in [-0.4, -0.2) is 18.0 Å². The number of rotatable bonds is 1. The Morgan fingerprint density at radius 3 is 2.67 bits per heavy atom. The molecule has 21 heavy (non-hydrogen) atoms. The minimum Gasteiger partial charge on any atom is -0.369 e. The Morgan fingerprint density at radius 1 is 1.29 bits per heavy atom. The highest BCUT2D eigenvalue weighted by Gasteiger charge is 2.51. The van der Waals surface area contributed by atoms with E-state index in [-0.39, 0.29) is 5.54 Å². The van der Waals surface area contributed by atoms with Crippen molar-refractivity contribution in [3.05, 3.63) is 29.3 Å². The third-order valence-electron chi connectivity index (χ3n) is 5.29. The van der Waals surface area contributed by atoms with Crippen molar-refractivity contribution in [1.82, 2.24) is 0 Å². The summed E-state index contributed by atoms with van der Waals surface area (Å²) in [6.45, 7) is 7.82. The normalized spacial score (nSPS) is 31.5. The van der Waals surface area contributed by atoms with E-state index in [9.17, 15) is 0 Å². The minimum atomic E-state index is -0.00933. The third kappa shape index (κ3) is 2.32. The van der Waals surface area contributed by atoms with Crippen molar-refractivity contribution in [3.63, 3.8) is 0 Å². The maximum atomic E-state index is 6.42. The van der Waals surface area contributed by atoms with Gasteiger partial charge in [-0.25, -0.2) is 0 Å². The molecular weight excluding hydrogens is 282 g/mol. The molecule has 1 aromatic carbocycles. The van der Waals surface area contributed by atoms with Crippen LogP contribution in [0.25, 0.3) is 0 Å². The van der Waals surface area contributed by atoms with E-state index in [1.54, 1.807) is 0 Å². The second-order valence-corrected chi connectivity index (χ2v) is 7.74. The Bertz CT molecular complexity index is 581. The lowest BCUT2D eigenvalue weighted by molar-refractivity contribution is 0.114. The van der Waals surface area contributed by atoms with Gasteiger partial charge in [0.2, 0.25) is 0 Å². The molecule has 0 amide bonds. The van der Waals surface area contributed by atoms with Crippen LogP contribution in [0.2, 0.25) is 5.02 Å². The monoisotopic (exact) mass is 305 g/mol. The SMILES string of the molecule is CC1CC(C)(C)CCC12CN=C(N)N2c1ccccc1Cl. The predicted molar refractivity (Wildman–Crippen MR) is 89.9 cm³/mol. The zero-order valence-electron chi connectivity index (χ0n) is 13.1. The van der Waals surface area contributed by atoms with Crippen molar-refractivity contribution in [2.75, 3.05) is 11.4 Å². The van der Waals surface area contributed by atoms with Gasteiger partial charge in [0.1, 0.15) is 0 Å². The summed E-state index contributed by atoms with van der Waals surface area (Å²) in [5.74, 6) is 1.14. The Labute approximate surface area is 132 Å². The topological polar surface area (TPSA) is 41.6 Å². The van der Waals surface area contributed by atoms with Crippen LogP contribution in [0.3, 0.4) is 0 Å². The molecule has 2 aliphatic rings. The molecule has 1 saturated carbocycles. The van der Waals surface area contributed by atoms with Gasteiger partial charge in [-0.3, -0.25) is 4.99 Å². The summed E-state index contributed by atoms with van der Waals surface area (Å²) < 4.78 is 0. The van der Waals surface area contributed by atoms with Crippen LogP contribution in [0.1, 0.15) is 40.0 Å². The first-order valence-electron chi connectivity index (χ1n) is 7.70.